The summed E-state index contributed by atoms with van der Waals surface area (Å²) in [5.41, 5.74) is 0. The zero-order valence-electron chi connectivity index (χ0n) is 19.0. The van der Waals surface area contributed by atoms with Gasteiger partial charge >= 0.3 is 0 Å². The Morgan fingerprint density at radius 1 is 0.806 bits per heavy atom. The summed E-state index contributed by atoms with van der Waals surface area (Å²) in [5.74, 6) is -0.500. The summed E-state index contributed by atoms with van der Waals surface area (Å²) in [6.45, 7) is 6.62. The lowest BCUT2D eigenvalue weighted by molar-refractivity contribution is -0.929. The van der Waals surface area contributed by atoms with Crippen molar-refractivity contribution in [3.05, 3.63) is 0 Å². The van der Waals surface area contributed by atoms with Gasteiger partial charge in [-0.1, -0.05) is 13.8 Å². The van der Waals surface area contributed by atoms with Crippen LogP contribution in [0.25, 0.3) is 0 Å². The zero-order valence-corrected chi connectivity index (χ0v) is 19.8. The fourth-order valence-corrected chi connectivity index (χ4v) is 3.55. The second kappa shape index (κ2) is 19.1. The van der Waals surface area contributed by atoms with Crippen molar-refractivity contribution in [3.63, 3.8) is 0 Å². The van der Waals surface area contributed by atoms with Gasteiger partial charge < -0.3 is 39.7 Å². The predicted molar refractivity (Wildman–Crippen MR) is 116 cm³/mol. The molecule has 0 bridgehead atoms. The van der Waals surface area contributed by atoms with Crippen LogP contribution in [-0.2, 0) is 10.1 Å². The second-order valence-corrected chi connectivity index (χ2v) is 9.15. The summed E-state index contributed by atoms with van der Waals surface area (Å²) in [6.07, 6.45) is 0.563. The molecule has 0 heterocycles. The maximum atomic E-state index is 10.5. The third-order valence-corrected chi connectivity index (χ3v) is 5.73. The van der Waals surface area contributed by atoms with E-state index in [4.69, 9.17) is 20.4 Å². The van der Waals surface area contributed by atoms with Gasteiger partial charge in [-0.2, -0.15) is 0 Å². The van der Waals surface area contributed by atoms with E-state index in [0.29, 0.717) is 49.9 Å². The Hall–Kier alpha value is -0.410. The molecule has 0 aromatic carbocycles. The minimum Gasteiger partial charge on any atom is -0.748 e. The van der Waals surface area contributed by atoms with E-state index < -0.39 is 28.1 Å². The smallest absolute Gasteiger partial charge is 0.102 e. The van der Waals surface area contributed by atoms with Crippen LogP contribution >= 0.6 is 0 Å². The van der Waals surface area contributed by atoms with E-state index >= 15 is 0 Å². The normalized spacial score (nSPS) is 14.3. The van der Waals surface area contributed by atoms with E-state index in [2.05, 4.69) is 0 Å². The van der Waals surface area contributed by atoms with Gasteiger partial charge in [0.25, 0.3) is 0 Å². The number of nitrogens with zero attached hydrogens (tertiary/aromatic N) is 2. The maximum absolute atomic E-state index is 10.5. The molecule has 6 N–H and O–H groups in total. The zero-order chi connectivity index (χ0) is 24.3. The fraction of sp³-hybridized carbons (Fsp3) is 1.00. The Morgan fingerprint density at radius 2 is 1.23 bits per heavy atom. The van der Waals surface area contributed by atoms with Gasteiger partial charge in [-0.25, -0.2) is 8.42 Å². The predicted octanol–water partition coefficient (Wildman–Crippen LogP) is -2.46. The summed E-state index contributed by atoms with van der Waals surface area (Å²) in [4.78, 5) is 1.61. The molecule has 0 saturated carbocycles. The van der Waals surface area contributed by atoms with Crippen LogP contribution in [0.1, 0.15) is 33.1 Å². The van der Waals surface area contributed by atoms with Crippen LogP contribution in [0.4, 0.5) is 0 Å². The van der Waals surface area contributed by atoms with Crippen LogP contribution in [0.5, 0.6) is 0 Å². The highest BCUT2D eigenvalue weighted by atomic mass is 32.2. The van der Waals surface area contributed by atoms with Gasteiger partial charge in [-0.05, 0) is 12.8 Å². The summed E-state index contributed by atoms with van der Waals surface area (Å²) in [7, 11) is -4.26. The Kier molecular flexibility index (Phi) is 20.2. The molecule has 12 heteroatoms. The van der Waals surface area contributed by atoms with Gasteiger partial charge in [0.2, 0.25) is 0 Å². The Balaban J connectivity index is 0. The molecule has 0 aromatic rings. The Labute approximate surface area is 186 Å². The van der Waals surface area contributed by atoms with E-state index in [9.17, 15) is 23.2 Å². The number of rotatable bonds is 18. The van der Waals surface area contributed by atoms with E-state index in [-0.39, 0.29) is 46.1 Å². The quantitative estimate of drug-likeness (QED) is 0.0916. The van der Waals surface area contributed by atoms with E-state index in [1.165, 1.54) is 0 Å². The summed E-state index contributed by atoms with van der Waals surface area (Å²) in [5, 5.41) is 54.5. The summed E-state index contributed by atoms with van der Waals surface area (Å²) in [6, 6.07) is 0. The lowest BCUT2D eigenvalue weighted by Crippen LogP contribution is -2.54. The van der Waals surface area contributed by atoms with Crippen LogP contribution in [0.3, 0.4) is 0 Å². The molecule has 0 aliphatic rings. The molecule has 0 aliphatic carbocycles. The highest BCUT2D eigenvalue weighted by Crippen LogP contribution is 2.07. The molecular formula is C19H44N2O9S. The van der Waals surface area contributed by atoms with Gasteiger partial charge in [0.15, 0.2) is 0 Å². The van der Waals surface area contributed by atoms with Crippen LogP contribution in [0.2, 0.25) is 0 Å². The monoisotopic (exact) mass is 476 g/mol. The SMILES string of the molecule is CCC(O)CN(CCS(=O)(=O)[O-])CC(O)CC.OCCC[N+](CCO)(CCO)CCO. The maximum Gasteiger partial charge on any atom is 0.102 e. The topological polar surface area (TPSA) is 182 Å². The fourth-order valence-electron chi connectivity index (χ4n) is 3.07. The van der Waals surface area contributed by atoms with Crippen LogP contribution in [0.15, 0.2) is 0 Å². The third-order valence-electron chi connectivity index (χ3n) is 5.05. The van der Waals surface area contributed by atoms with E-state index in [0.717, 1.165) is 0 Å². The lowest BCUT2D eigenvalue weighted by Gasteiger charge is -2.37. The highest BCUT2D eigenvalue weighted by Gasteiger charge is 2.25. The number of hydrogen-bond donors (Lipinski definition) is 6. The second-order valence-electron chi connectivity index (χ2n) is 7.63. The van der Waals surface area contributed by atoms with Crippen molar-refractivity contribution in [2.45, 2.75) is 45.3 Å². The Bertz CT molecular complexity index is 480. The standard InChI is InChI=1S/C10H23NO5S.C9H22NO4/c1-3-9(12)7-11(8-10(13)4-2)5-6-17(14,15)16;11-6-1-2-10(3-7-12,4-8-13)5-9-14/h9-10,12-13H,3-8H2,1-2H3,(H,14,15,16);11-14H,1-9H2/q;+1/p-1. The van der Waals surface area contributed by atoms with E-state index in [1.807, 2.05) is 13.8 Å². The molecule has 0 rings (SSSR count). The van der Waals surface area contributed by atoms with Gasteiger partial charge in [-0.3, -0.25) is 4.90 Å². The van der Waals surface area contributed by atoms with Crippen molar-refractivity contribution in [3.8, 4) is 0 Å². The van der Waals surface area contributed by atoms with Crippen LogP contribution in [0, 0.1) is 0 Å². The highest BCUT2D eigenvalue weighted by molar-refractivity contribution is 7.85. The molecule has 31 heavy (non-hydrogen) atoms. The molecular weight excluding hydrogens is 432 g/mol. The number of quaternary nitrogens is 1. The largest absolute Gasteiger partial charge is 0.748 e. The molecule has 190 valence electrons. The summed E-state index contributed by atoms with van der Waals surface area (Å²) < 4.78 is 32.1. The molecule has 2 atom stereocenters. The van der Waals surface area contributed by atoms with Crippen molar-refractivity contribution >= 4 is 10.1 Å². The molecule has 0 aromatic heterocycles. The van der Waals surface area contributed by atoms with Crippen LogP contribution in [-0.4, -0.2) is 143 Å². The first-order chi connectivity index (χ1) is 14.5. The molecule has 0 saturated heterocycles. The average Bonchev–Trinajstić information content (AvgIpc) is 2.70. The van der Waals surface area contributed by atoms with Crippen LogP contribution < -0.4 is 0 Å². The Morgan fingerprint density at radius 3 is 1.52 bits per heavy atom. The number of aliphatic hydroxyl groups excluding tert-OH is 6. The minimum absolute atomic E-state index is 0.0332. The van der Waals surface area contributed by atoms with Crippen molar-refractivity contribution in [2.75, 3.05) is 78.0 Å². The molecule has 11 nitrogen and oxygen atoms in total. The average molecular weight is 477 g/mol. The van der Waals surface area contributed by atoms with E-state index in [1.54, 1.807) is 4.90 Å². The van der Waals surface area contributed by atoms with Crippen molar-refractivity contribution in [1.82, 2.24) is 4.90 Å². The third kappa shape index (κ3) is 18.8. The lowest BCUT2D eigenvalue weighted by atomic mass is 10.2. The van der Waals surface area contributed by atoms with Gasteiger partial charge in [0.05, 0.1) is 54.4 Å². The number of aliphatic hydroxyl groups is 6. The molecule has 0 spiro atoms. The van der Waals surface area contributed by atoms with Crippen molar-refractivity contribution in [2.24, 2.45) is 0 Å². The first kappa shape index (κ1) is 32.8. The van der Waals surface area contributed by atoms with Crippen molar-refractivity contribution in [1.29, 1.82) is 0 Å². The van der Waals surface area contributed by atoms with Crippen molar-refractivity contribution < 1.29 is 48.1 Å². The number of hydrogen-bond acceptors (Lipinski definition) is 10. The van der Waals surface area contributed by atoms with Gasteiger partial charge in [0.1, 0.15) is 19.6 Å². The molecule has 2 unspecified atom stereocenters. The molecule has 0 aliphatic heterocycles. The van der Waals surface area contributed by atoms with Gasteiger partial charge in [-0.15, -0.1) is 0 Å². The molecule has 0 fully saturated rings. The first-order valence-electron chi connectivity index (χ1n) is 10.8. The first-order valence-corrected chi connectivity index (χ1v) is 12.4. The molecule has 0 radical (unpaired) electrons. The van der Waals surface area contributed by atoms with Gasteiger partial charge in [0, 0.05) is 32.7 Å². The summed E-state index contributed by atoms with van der Waals surface area (Å²) >= 11 is 0. The minimum atomic E-state index is -4.26. The molecule has 0 amide bonds.